The lowest BCUT2D eigenvalue weighted by molar-refractivity contribution is -0.147. The van der Waals surface area contributed by atoms with Gasteiger partial charge in [-0.25, -0.2) is 9.59 Å². The second kappa shape index (κ2) is 12.3. The number of aliphatic hydroxyl groups is 1. The van der Waals surface area contributed by atoms with Gasteiger partial charge in [0, 0.05) is 0 Å². The molecule has 0 amide bonds. The van der Waals surface area contributed by atoms with Crippen molar-refractivity contribution in [3.63, 3.8) is 0 Å². The molecule has 2 aliphatic rings. The van der Waals surface area contributed by atoms with Crippen molar-refractivity contribution in [2.45, 2.75) is 64.3 Å². The third kappa shape index (κ3) is 6.38. The van der Waals surface area contributed by atoms with Gasteiger partial charge in [-0.2, -0.15) is 0 Å². The van der Waals surface area contributed by atoms with Gasteiger partial charge in [0.05, 0.1) is 13.2 Å². The zero-order chi connectivity index (χ0) is 25.5. The van der Waals surface area contributed by atoms with Gasteiger partial charge in [-0.05, 0) is 79.0 Å². The zero-order valence-corrected chi connectivity index (χ0v) is 21.1. The molecular weight excluding hydrogens is 460 g/mol. The summed E-state index contributed by atoms with van der Waals surface area (Å²) in [7, 11) is 1.32. The van der Waals surface area contributed by atoms with E-state index in [2.05, 4.69) is 6.07 Å². The third-order valence-corrected chi connectivity index (χ3v) is 7.63. The fourth-order valence-electron chi connectivity index (χ4n) is 5.72. The Hall–Kier alpha value is -3.06. The zero-order valence-electron chi connectivity index (χ0n) is 21.1. The molecule has 0 heterocycles. The van der Waals surface area contributed by atoms with Crippen LogP contribution in [-0.2, 0) is 38.5 Å². The number of esters is 1. The van der Waals surface area contributed by atoms with Crippen molar-refractivity contribution in [1.29, 1.82) is 0 Å². The first-order chi connectivity index (χ1) is 17.5. The van der Waals surface area contributed by atoms with E-state index in [4.69, 9.17) is 18.9 Å². The maximum atomic E-state index is 12.3. The lowest BCUT2D eigenvalue weighted by Crippen LogP contribution is -2.29. The summed E-state index contributed by atoms with van der Waals surface area (Å²) in [6, 6.07) is 15.5. The van der Waals surface area contributed by atoms with Crippen LogP contribution in [0.4, 0.5) is 4.79 Å². The van der Waals surface area contributed by atoms with Crippen molar-refractivity contribution in [3.05, 3.63) is 65.2 Å². The number of fused-ring (bicyclic) bond motifs is 2. The molecule has 36 heavy (non-hydrogen) atoms. The Bertz CT molecular complexity index is 1020. The summed E-state index contributed by atoms with van der Waals surface area (Å²) in [6.07, 6.45) is 3.36. The van der Waals surface area contributed by atoms with E-state index < -0.39 is 12.1 Å². The van der Waals surface area contributed by atoms with E-state index in [-0.39, 0.29) is 31.3 Å². The topological polar surface area (TPSA) is 91.3 Å². The van der Waals surface area contributed by atoms with Crippen molar-refractivity contribution < 1.29 is 33.6 Å². The van der Waals surface area contributed by atoms with Crippen LogP contribution in [0.25, 0.3) is 0 Å². The van der Waals surface area contributed by atoms with Gasteiger partial charge in [-0.1, -0.05) is 49.4 Å². The van der Waals surface area contributed by atoms with Crippen molar-refractivity contribution in [3.8, 4) is 5.75 Å². The van der Waals surface area contributed by atoms with E-state index in [1.54, 1.807) is 0 Å². The molecule has 1 saturated carbocycles. The average molecular weight is 497 g/mol. The molecule has 0 saturated heterocycles. The molecule has 194 valence electrons. The highest BCUT2D eigenvalue weighted by Gasteiger charge is 2.47. The Labute approximate surface area is 212 Å². The molecule has 4 rings (SSSR count). The number of ether oxygens (including phenoxy) is 4. The number of aliphatic hydroxyl groups excluding tert-OH is 1. The Morgan fingerprint density at radius 1 is 1.08 bits per heavy atom. The van der Waals surface area contributed by atoms with Gasteiger partial charge in [0.2, 0.25) is 0 Å². The summed E-state index contributed by atoms with van der Waals surface area (Å²) < 4.78 is 21.7. The minimum atomic E-state index is -0.657. The number of benzene rings is 2. The Balaban J connectivity index is 1.41. The molecule has 2 aliphatic carbocycles. The average Bonchev–Trinajstić information content (AvgIpc) is 3.23. The molecule has 7 nitrogen and oxygen atoms in total. The second-order valence-corrected chi connectivity index (χ2v) is 9.81. The van der Waals surface area contributed by atoms with E-state index in [1.807, 2.05) is 49.4 Å². The van der Waals surface area contributed by atoms with E-state index in [1.165, 1.54) is 12.7 Å². The summed E-state index contributed by atoms with van der Waals surface area (Å²) in [5, 5.41) is 10.1. The molecule has 2 aromatic carbocycles. The van der Waals surface area contributed by atoms with Crippen LogP contribution >= 0.6 is 0 Å². The predicted octanol–water partition coefficient (Wildman–Crippen LogP) is 4.86. The molecule has 2 aromatic rings. The monoisotopic (exact) mass is 496 g/mol. The lowest BCUT2D eigenvalue weighted by atomic mass is 9.73. The SMILES string of the molecule is CC[C@H](O)CC[C@@H]1[C@H]2Cc3cccc(OCC(=O)OCc4ccccc4)c3C[C@H]2C[C@H]1OC(=O)OC. The fraction of sp³-hybridized carbons (Fsp3) is 0.517. The maximum absolute atomic E-state index is 12.3. The molecule has 0 aromatic heterocycles. The van der Waals surface area contributed by atoms with Gasteiger partial charge >= 0.3 is 12.1 Å². The summed E-state index contributed by atoms with van der Waals surface area (Å²) in [5.74, 6) is 1.14. The van der Waals surface area contributed by atoms with Crippen LogP contribution in [0.2, 0.25) is 0 Å². The van der Waals surface area contributed by atoms with Crippen molar-refractivity contribution >= 4 is 12.1 Å². The van der Waals surface area contributed by atoms with Gasteiger partial charge in [0.1, 0.15) is 18.5 Å². The van der Waals surface area contributed by atoms with Crippen LogP contribution in [0, 0.1) is 17.8 Å². The smallest absolute Gasteiger partial charge is 0.482 e. The Kier molecular flexibility index (Phi) is 8.86. The van der Waals surface area contributed by atoms with E-state index in [0.717, 1.165) is 36.8 Å². The number of hydrogen-bond acceptors (Lipinski definition) is 7. The summed E-state index contributed by atoms with van der Waals surface area (Å²) in [5.41, 5.74) is 3.24. The van der Waals surface area contributed by atoms with Gasteiger partial charge < -0.3 is 24.1 Å². The molecule has 0 unspecified atom stereocenters. The van der Waals surface area contributed by atoms with Gasteiger partial charge in [-0.15, -0.1) is 0 Å². The van der Waals surface area contributed by atoms with E-state index in [9.17, 15) is 14.7 Å². The van der Waals surface area contributed by atoms with E-state index >= 15 is 0 Å². The second-order valence-electron chi connectivity index (χ2n) is 9.81. The number of carbonyl (C=O) groups is 2. The molecule has 0 spiro atoms. The quantitative estimate of drug-likeness (QED) is 0.470. The first-order valence-corrected chi connectivity index (χ1v) is 12.8. The number of rotatable bonds is 10. The van der Waals surface area contributed by atoms with Crippen LogP contribution in [0.15, 0.2) is 48.5 Å². The molecule has 1 N–H and O–H groups in total. The fourth-order valence-corrected chi connectivity index (χ4v) is 5.72. The van der Waals surface area contributed by atoms with Gasteiger partial charge in [0.25, 0.3) is 0 Å². The molecule has 0 bridgehead atoms. The molecule has 0 aliphatic heterocycles. The minimum Gasteiger partial charge on any atom is -0.482 e. The predicted molar refractivity (Wildman–Crippen MR) is 133 cm³/mol. The first-order valence-electron chi connectivity index (χ1n) is 12.8. The summed E-state index contributed by atoms with van der Waals surface area (Å²) in [4.78, 5) is 24.2. The van der Waals surface area contributed by atoms with Crippen molar-refractivity contribution in [2.24, 2.45) is 17.8 Å². The number of methoxy groups -OCH3 is 1. The molecule has 7 heteroatoms. The molecule has 1 fully saturated rings. The molecule has 5 atom stereocenters. The standard InChI is InChI=1S/C29H36O7/c1-3-22(30)12-13-23-24-14-20-10-7-11-26(25(20)15-21(24)16-27(23)36-29(32)33-2)34-18-28(31)35-17-19-8-5-4-6-9-19/h4-11,21-24,27,30H,3,12-18H2,1-2H3/t21-,22-,23+,24-,27+/m0/s1. The molecular formula is C29H36O7. The highest BCUT2D eigenvalue weighted by atomic mass is 16.7. The highest BCUT2D eigenvalue weighted by molar-refractivity contribution is 5.71. The summed E-state index contributed by atoms with van der Waals surface area (Å²) in [6.45, 7) is 2.04. The first kappa shape index (κ1) is 26.0. The normalized spacial score (nSPS) is 23.2. The van der Waals surface area contributed by atoms with Crippen LogP contribution in [0.1, 0.15) is 49.3 Å². The molecule has 0 radical (unpaired) electrons. The van der Waals surface area contributed by atoms with Crippen molar-refractivity contribution in [2.75, 3.05) is 13.7 Å². The number of carbonyl (C=O) groups excluding carboxylic acids is 2. The van der Waals surface area contributed by atoms with Crippen LogP contribution in [0.3, 0.4) is 0 Å². The van der Waals surface area contributed by atoms with Gasteiger partial charge in [-0.3, -0.25) is 0 Å². The highest BCUT2D eigenvalue weighted by Crippen LogP contribution is 2.49. The summed E-state index contributed by atoms with van der Waals surface area (Å²) >= 11 is 0. The third-order valence-electron chi connectivity index (χ3n) is 7.63. The maximum Gasteiger partial charge on any atom is 0.508 e. The van der Waals surface area contributed by atoms with Crippen LogP contribution < -0.4 is 4.74 Å². The Morgan fingerprint density at radius 3 is 2.64 bits per heavy atom. The van der Waals surface area contributed by atoms with E-state index in [0.29, 0.717) is 30.4 Å². The Morgan fingerprint density at radius 2 is 1.89 bits per heavy atom. The largest absolute Gasteiger partial charge is 0.508 e. The van der Waals surface area contributed by atoms with Crippen molar-refractivity contribution in [1.82, 2.24) is 0 Å². The minimum absolute atomic E-state index is 0.150. The number of hydrogen-bond donors (Lipinski definition) is 1. The lowest BCUT2D eigenvalue weighted by Gasteiger charge is -2.32. The van der Waals surface area contributed by atoms with Crippen LogP contribution in [0.5, 0.6) is 5.75 Å². The van der Waals surface area contributed by atoms with Gasteiger partial charge in [0.15, 0.2) is 6.61 Å². The van der Waals surface area contributed by atoms with Crippen LogP contribution in [-0.4, -0.2) is 43.2 Å².